The molecule has 0 saturated carbocycles. The monoisotopic (exact) mass is 281 g/mol. The van der Waals surface area contributed by atoms with Crippen LogP contribution in [0.25, 0.3) is 0 Å². The summed E-state index contributed by atoms with van der Waals surface area (Å²) >= 11 is 0. The van der Waals surface area contributed by atoms with Crippen molar-refractivity contribution in [2.75, 3.05) is 24.7 Å². The van der Waals surface area contributed by atoms with Crippen molar-refractivity contribution in [3.8, 4) is 0 Å². The highest BCUT2D eigenvalue weighted by atomic mass is 16.2. The van der Waals surface area contributed by atoms with Crippen LogP contribution in [0.3, 0.4) is 0 Å². The van der Waals surface area contributed by atoms with Crippen LogP contribution >= 0.6 is 0 Å². The summed E-state index contributed by atoms with van der Waals surface area (Å²) in [5, 5.41) is 0. The van der Waals surface area contributed by atoms with Crippen molar-refractivity contribution < 1.29 is 4.79 Å². The Morgan fingerprint density at radius 3 is 2.62 bits per heavy atom. The summed E-state index contributed by atoms with van der Waals surface area (Å²) in [6, 6.07) is 13.6. The molecule has 0 atom stereocenters. The molecule has 0 unspecified atom stereocenters. The standard InChI is InChI=1S/C17H19N3O/c1-19(2)16-5-3-4-12(9-16)17(21)20-10-13-6-7-15(18)8-14(13)11-20/h3-9H,10-11,18H2,1-2H3. The third kappa shape index (κ3) is 2.57. The van der Waals surface area contributed by atoms with E-state index < -0.39 is 0 Å². The van der Waals surface area contributed by atoms with Crippen LogP contribution in [0, 0.1) is 0 Å². The minimum Gasteiger partial charge on any atom is -0.399 e. The molecule has 0 fully saturated rings. The molecule has 3 rings (SSSR count). The first-order valence-corrected chi connectivity index (χ1v) is 6.98. The van der Waals surface area contributed by atoms with Gasteiger partial charge in [-0.25, -0.2) is 0 Å². The Hall–Kier alpha value is -2.49. The zero-order valence-corrected chi connectivity index (χ0v) is 12.3. The highest BCUT2D eigenvalue weighted by molar-refractivity contribution is 5.95. The molecule has 0 aromatic heterocycles. The van der Waals surface area contributed by atoms with Gasteiger partial charge in [0.25, 0.3) is 5.91 Å². The molecule has 2 aromatic carbocycles. The van der Waals surface area contributed by atoms with E-state index in [1.807, 2.05) is 66.4 Å². The van der Waals surface area contributed by atoms with E-state index in [0.717, 1.165) is 22.5 Å². The van der Waals surface area contributed by atoms with Gasteiger partial charge in [-0.3, -0.25) is 4.79 Å². The lowest BCUT2D eigenvalue weighted by Gasteiger charge is -2.18. The number of nitrogen functional groups attached to an aromatic ring is 1. The number of benzene rings is 2. The van der Waals surface area contributed by atoms with E-state index in [-0.39, 0.29) is 5.91 Å². The lowest BCUT2D eigenvalue weighted by atomic mass is 10.1. The number of hydrogen-bond acceptors (Lipinski definition) is 3. The molecule has 1 amide bonds. The van der Waals surface area contributed by atoms with Gasteiger partial charge in [-0.2, -0.15) is 0 Å². The number of fused-ring (bicyclic) bond motifs is 1. The van der Waals surface area contributed by atoms with Gasteiger partial charge in [-0.1, -0.05) is 12.1 Å². The molecule has 0 saturated heterocycles. The van der Waals surface area contributed by atoms with Crippen molar-refractivity contribution >= 4 is 17.3 Å². The van der Waals surface area contributed by atoms with E-state index in [1.54, 1.807) is 0 Å². The lowest BCUT2D eigenvalue weighted by molar-refractivity contribution is 0.0751. The largest absolute Gasteiger partial charge is 0.399 e. The van der Waals surface area contributed by atoms with Gasteiger partial charge in [0.05, 0.1) is 0 Å². The van der Waals surface area contributed by atoms with Gasteiger partial charge in [0.15, 0.2) is 0 Å². The van der Waals surface area contributed by atoms with E-state index >= 15 is 0 Å². The second-order valence-corrected chi connectivity index (χ2v) is 5.63. The first-order valence-electron chi connectivity index (χ1n) is 6.98. The second kappa shape index (κ2) is 5.13. The summed E-state index contributed by atoms with van der Waals surface area (Å²) in [6.07, 6.45) is 0. The van der Waals surface area contributed by atoms with E-state index in [2.05, 4.69) is 0 Å². The van der Waals surface area contributed by atoms with Crippen LogP contribution in [0.15, 0.2) is 42.5 Å². The number of carbonyl (C=O) groups is 1. The normalized spacial score (nSPS) is 13.1. The molecule has 1 heterocycles. The van der Waals surface area contributed by atoms with Crippen LogP contribution in [-0.2, 0) is 13.1 Å². The number of amides is 1. The summed E-state index contributed by atoms with van der Waals surface area (Å²) < 4.78 is 0. The average Bonchev–Trinajstić information content (AvgIpc) is 2.89. The Labute approximate surface area is 124 Å². The molecular weight excluding hydrogens is 262 g/mol. The quantitative estimate of drug-likeness (QED) is 0.860. The van der Waals surface area contributed by atoms with Gasteiger partial charge < -0.3 is 15.5 Å². The van der Waals surface area contributed by atoms with E-state index in [0.29, 0.717) is 13.1 Å². The zero-order chi connectivity index (χ0) is 15.0. The van der Waals surface area contributed by atoms with E-state index in [4.69, 9.17) is 5.73 Å². The molecule has 1 aliphatic heterocycles. The number of nitrogens with zero attached hydrogens (tertiary/aromatic N) is 2. The third-order valence-corrected chi connectivity index (χ3v) is 3.85. The van der Waals surface area contributed by atoms with Crippen molar-refractivity contribution in [1.82, 2.24) is 4.90 Å². The van der Waals surface area contributed by atoms with Crippen molar-refractivity contribution in [1.29, 1.82) is 0 Å². The maximum Gasteiger partial charge on any atom is 0.254 e. The van der Waals surface area contributed by atoms with Gasteiger partial charge in [0.1, 0.15) is 0 Å². The van der Waals surface area contributed by atoms with Crippen LogP contribution in [0.1, 0.15) is 21.5 Å². The van der Waals surface area contributed by atoms with Crippen molar-refractivity contribution in [2.45, 2.75) is 13.1 Å². The highest BCUT2D eigenvalue weighted by Crippen LogP contribution is 2.26. The maximum absolute atomic E-state index is 12.7. The molecule has 4 heteroatoms. The van der Waals surface area contributed by atoms with Gasteiger partial charge in [-0.05, 0) is 41.5 Å². The van der Waals surface area contributed by atoms with Crippen molar-refractivity contribution in [2.24, 2.45) is 0 Å². The number of carbonyl (C=O) groups excluding carboxylic acids is 1. The molecule has 0 radical (unpaired) electrons. The predicted molar refractivity (Wildman–Crippen MR) is 85.2 cm³/mol. The Kier molecular flexibility index (Phi) is 3.29. The van der Waals surface area contributed by atoms with Crippen molar-refractivity contribution in [3.05, 3.63) is 59.2 Å². The molecule has 1 aliphatic rings. The van der Waals surface area contributed by atoms with Crippen LogP contribution in [-0.4, -0.2) is 24.9 Å². The van der Waals surface area contributed by atoms with Gasteiger partial charge in [0.2, 0.25) is 0 Å². The molecule has 108 valence electrons. The first-order chi connectivity index (χ1) is 10.0. The molecular formula is C17H19N3O. The van der Waals surface area contributed by atoms with E-state index in [9.17, 15) is 4.79 Å². The number of rotatable bonds is 2. The number of nitrogens with two attached hydrogens (primary N) is 1. The zero-order valence-electron chi connectivity index (χ0n) is 12.3. The summed E-state index contributed by atoms with van der Waals surface area (Å²) in [6.45, 7) is 1.28. The number of anilines is 2. The van der Waals surface area contributed by atoms with Gasteiger partial charge in [-0.15, -0.1) is 0 Å². The molecule has 0 spiro atoms. The molecule has 21 heavy (non-hydrogen) atoms. The topological polar surface area (TPSA) is 49.6 Å². The summed E-state index contributed by atoms with van der Waals surface area (Å²) in [7, 11) is 3.94. The Balaban J connectivity index is 1.83. The molecule has 2 aromatic rings. The SMILES string of the molecule is CN(C)c1cccc(C(=O)N2Cc3ccc(N)cc3C2)c1. The molecule has 0 aliphatic carbocycles. The fraction of sp³-hybridized carbons (Fsp3) is 0.235. The van der Waals surface area contributed by atoms with Crippen molar-refractivity contribution in [3.63, 3.8) is 0 Å². The van der Waals surface area contributed by atoms with Crippen LogP contribution in [0.2, 0.25) is 0 Å². The fourth-order valence-electron chi connectivity index (χ4n) is 2.66. The highest BCUT2D eigenvalue weighted by Gasteiger charge is 2.24. The smallest absolute Gasteiger partial charge is 0.254 e. The summed E-state index contributed by atoms with van der Waals surface area (Å²) in [4.78, 5) is 16.5. The second-order valence-electron chi connectivity index (χ2n) is 5.63. The van der Waals surface area contributed by atoms with Crippen LogP contribution < -0.4 is 10.6 Å². The van der Waals surface area contributed by atoms with Crippen LogP contribution in [0.4, 0.5) is 11.4 Å². The van der Waals surface area contributed by atoms with Gasteiger partial charge in [0, 0.05) is 44.1 Å². The van der Waals surface area contributed by atoms with Gasteiger partial charge >= 0.3 is 0 Å². The molecule has 2 N–H and O–H groups in total. The Morgan fingerprint density at radius 2 is 1.86 bits per heavy atom. The summed E-state index contributed by atoms with van der Waals surface area (Å²) in [5.74, 6) is 0.0634. The fourth-order valence-corrected chi connectivity index (χ4v) is 2.66. The Morgan fingerprint density at radius 1 is 1.10 bits per heavy atom. The first kappa shape index (κ1) is 13.5. The molecule has 4 nitrogen and oxygen atoms in total. The summed E-state index contributed by atoms with van der Waals surface area (Å²) in [5.41, 5.74) is 10.6. The lowest BCUT2D eigenvalue weighted by Crippen LogP contribution is -2.25. The van der Waals surface area contributed by atoms with E-state index in [1.165, 1.54) is 5.56 Å². The Bertz CT molecular complexity index is 694. The number of hydrogen-bond donors (Lipinski definition) is 1. The predicted octanol–water partition coefficient (Wildman–Crippen LogP) is 2.49. The van der Waals surface area contributed by atoms with Crippen LogP contribution in [0.5, 0.6) is 0 Å². The molecule has 0 bridgehead atoms. The maximum atomic E-state index is 12.7. The minimum absolute atomic E-state index is 0.0634. The minimum atomic E-state index is 0.0634. The average molecular weight is 281 g/mol. The third-order valence-electron chi connectivity index (χ3n) is 3.85.